The Morgan fingerprint density at radius 3 is 2.68 bits per heavy atom. The second-order valence-electron chi connectivity index (χ2n) is 8.55. The molecule has 28 heavy (non-hydrogen) atoms. The summed E-state index contributed by atoms with van der Waals surface area (Å²) in [6.07, 6.45) is 1.85. The number of benzene rings is 1. The highest BCUT2D eigenvalue weighted by Gasteiger charge is 2.55. The first-order valence-corrected chi connectivity index (χ1v) is 10.5. The van der Waals surface area contributed by atoms with E-state index in [2.05, 4.69) is 44.4 Å². The Labute approximate surface area is 168 Å². The number of piperazine rings is 1. The number of nitrogens with one attached hydrogen (secondary N) is 1. The predicted molar refractivity (Wildman–Crippen MR) is 113 cm³/mol. The highest BCUT2D eigenvalue weighted by atomic mass is 16.2. The number of nitrogens with zero attached hydrogens (tertiary/aromatic N) is 4. The summed E-state index contributed by atoms with van der Waals surface area (Å²) in [5.74, 6) is 3.57. The van der Waals surface area contributed by atoms with Crippen LogP contribution in [0.1, 0.15) is 23.5 Å². The van der Waals surface area contributed by atoms with Crippen LogP contribution >= 0.6 is 0 Å². The van der Waals surface area contributed by atoms with Crippen LogP contribution in [0.2, 0.25) is 0 Å². The lowest BCUT2D eigenvalue weighted by atomic mass is 10.0. The molecule has 0 bridgehead atoms. The molecule has 3 atom stereocenters. The van der Waals surface area contributed by atoms with Gasteiger partial charge in [-0.25, -0.2) is 0 Å². The second kappa shape index (κ2) is 8.11. The van der Waals surface area contributed by atoms with Crippen LogP contribution in [0.3, 0.4) is 0 Å². The lowest BCUT2D eigenvalue weighted by Crippen LogP contribution is -2.53. The number of aliphatic imine (C=N–C) groups is 1. The van der Waals surface area contributed by atoms with E-state index in [0.29, 0.717) is 6.42 Å². The van der Waals surface area contributed by atoms with Crippen molar-refractivity contribution in [3.05, 3.63) is 35.4 Å². The summed E-state index contributed by atoms with van der Waals surface area (Å²) in [6, 6.07) is 8.94. The summed E-state index contributed by atoms with van der Waals surface area (Å²) in [6.45, 7) is 5.79. The Morgan fingerprint density at radius 2 is 1.96 bits per heavy atom. The van der Waals surface area contributed by atoms with Crippen molar-refractivity contribution in [2.75, 3.05) is 60.4 Å². The SMILES string of the molecule is CN=C(NCC1C2Cc3ccccc3C12)N1CCN(CCC(=O)N(C)C)CC1. The minimum Gasteiger partial charge on any atom is -0.356 e. The summed E-state index contributed by atoms with van der Waals surface area (Å²) < 4.78 is 0. The minimum absolute atomic E-state index is 0.205. The van der Waals surface area contributed by atoms with Crippen molar-refractivity contribution in [1.82, 2.24) is 20.0 Å². The lowest BCUT2D eigenvalue weighted by Gasteiger charge is -2.36. The molecule has 1 amide bonds. The molecule has 1 saturated heterocycles. The van der Waals surface area contributed by atoms with Gasteiger partial charge in [0.05, 0.1) is 0 Å². The fourth-order valence-corrected chi connectivity index (χ4v) is 4.96. The number of hydrogen-bond acceptors (Lipinski definition) is 3. The van der Waals surface area contributed by atoms with E-state index in [0.717, 1.165) is 63.0 Å². The van der Waals surface area contributed by atoms with Crippen LogP contribution in [0.25, 0.3) is 0 Å². The molecule has 3 unspecified atom stereocenters. The number of carbonyl (C=O) groups excluding carboxylic acids is 1. The van der Waals surface area contributed by atoms with Gasteiger partial charge in [0, 0.05) is 66.8 Å². The summed E-state index contributed by atoms with van der Waals surface area (Å²) in [7, 11) is 5.53. The van der Waals surface area contributed by atoms with Crippen LogP contribution in [0.5, 0.6) is 0 Å². The maximum absolute atomic E-state index is 11.8. The van der Waals surface area contributed by atoms with Gasteiger partial charge in [-0.2, -0.15) is 0 Å². The van der Waals surface area contributed by atoms with Crippen molar-refractivity contribution in [3.8, 4) is 0 Å². The van der Waals surface area contributed by atoms with E-state index in [1.54, 1.807) is 16.0 Å². The van der Waals surface area contributed by atoms with E-state index in [-0.39, 0.29) is 5.91 Å². The summed E-state index contributed by atoms with van der Waals surface area (Å²) in [5.41, 5.74) is 3.14. The molecule has 1 aromatic rings. The maximum Gasteiger partial charge on any atom is 0.223 e. The zero-order valence-electron chi connectivity index (χ0n) is 17.4. The molecule has 3 aliphatic rings. The molecule has 1 N–H and O–H groups in total. The number of fused-ring (bicyclic) bond motifs is 3. The third-order valence-corrected chi connectivity index (χ3v) is 6.72. The van der Waals surface area contributed by atoms with Gasteiger partial charge in [-0.15, -0.1) is 0 Å². The number of guanidine groups is 1. The largest absolute Gasteiger partial charge is 0.356 e. The molecule has 152 valence electrons. The highest BCUT2D eigenvalue weighted by molar-refractivity contribution is 5.80. The molecular formula is C22H33N5O. The van der Waals surface area contributed by atoms with Gasteiger partial charge in [0.15, 0.2) is 5.96 Å². The second-order valence-corrected chi connectivity index (χ2v) is 8.55. The van der Waals surface area contributed by atoms with Crippen molar-refractivity contribution >= 4 is 11.9 Å². The number of rotatable bonds is 5. The van der Waals surface area contributed by atoms with E-state index in [1.807, 2.05) is 21.1 Å². The van der Waals surface area contributed by atoms with Gasteiger partial charge in [0.2, 0.25) is 5.91 Å². The average molecular weight is 384 g/mol. The number of amides is 1. The Bertz CT molecular complexity index is 738. The maximum atomic E-state index is 11.8. The van der Waals surface area contributed by atoms with Crippen LogP contribution < -0.4 is 5.32 Å². The van der Waals surface area contributed by atoms with Crippen molar-refractivity contribution in [3.63, 3.8) is 0 Å². The number of hydrogen-bond donors (Lipinski definition) is 1. The predicted octanol–water partition coefficient (Wildman–Crippen LogP) is 1.24. The monoisotopic (exact) mass is 383 g/mol. The van der Waals surface area contributed by atoms with E-state index in [9.17, 15) is 4.79 Å². The molecular weight excluding hydrogens is 350 g/mol. The first-order chi connectivity index (χ1) is 13.6. The molecule has 0 radical (unpaired) electrons. The lowest BCUT2D eigenvalue weighted by molar-refractivity contribution is -0.129. The summed E-state index contributed by atoms with van der Waals surface area (Å²) >= 11 is 0. The quantitative estimate of drug-likeness (QED) is 0.614. The van der Waals surface area contributed by atoms with Crippen molar-refractivity contribution in [2.45, 2.75) is 18.8 Å². The van der Waals surface area contributed by atoms with Gasteiger partial charge in [-0.1, -0.05) is 24.3 Å². The van der Waals surface area contributed by atoms with Gasteiger partial charge in [0.1, 0.15) is 0 Å². The fraction of sp³-hybridized carbons (Fsp3) is 0.636. The molecule has 4 rings (SSSR count). The smallest absolute Gasteiger partial charge is 0.223 e. The Kier molecular flexibility index (Phi) is 5.58. The molecule has 1 heterocycles. The molecule has 6 heteroatoms. The van der Waals surface area contributed by atoms with Gasteiger partial charge in [-0.3, -0.25) is 14.7 Å². The van der Waals surface area contributed by atoms with E-state index >= 15 is 0 Å². The van der Waals surface area contributed by atoms with E-state index < -0.39 is 0 Å². The first kappa shape index (κ1) is 19.2. The molecule has 0 aromatic heterocycles. The minimum atomic E-state index is 0.205. The van der Waals surface area contributed by atoms with Gasteiger partial charge in [-0.05, 0) is 35.3 Å². The summed E-state index contributed by atoms with van der Waals surface area (Å²) in [5, 5.41) is 3.64. The normalized spacial score (nSPS) is 26.6. The van der Waals surface area contributed by atoms with Crippen molar-refractivity contribution < 1.29 is 4.79 Å². The van der Waals surface area contributed by atoms with Crippen molar-refractivity contribution in [2.24, 2.45) is 16.8 Å². The zero-order valence-corrected chi connectivity index (χ0v) is 17.4. The molecule has 1 saturated carbocycles. The molecule has 1 aliphatic heterocycles. The Balaban J connectivity index is 1.21. The molecule has 2 fully saturated rings. The summed E-state index contributed by atoms with van der Waals surface area (Å²) in [4.78, 5) is 22.7. The van der Waals surface area contributed by atoms with E-state index in [4.69, 9.17) is 0 Å². The van der Waals surface area contributed by atoms with Crippen LogP contribution in [0.4, 0.5) is 0 Å². The highest BCUT2D eigenvalue weighted by Crippen LogP contribution is 2.60. The molecule has 1 aromatic carbocycles. The number of carbonyl (C=O) groups is 1. The average Bonchev–Trinajstić information content (AvgIpc) is 3.24. The Morgan fingerprint density at radius 1 is 1.21 bits per heavy atom. The zero-order chi connectivity index (χ0) is 19.7. The first-order valence-electron chi connectivity index (χ1n) is 10.5. The van der Waals surface area contributed by atoms with E-state index in [1.165, 1.54) is 6.42 Å². The van der Waals surface area contributed by atoms with Gasteiger partial charge >= 0.3 is 0 Å². The fourth-order valence-electron chi connectivity index (χ4n) is 4.96. The van der Waals surface area contributed by atoms with Crippen LogP contribution in [-0.4, -0.2) is 87.0 Å². The van der Waals surface area contributed by atoms with Crippen molar-refractivity contribution in [1.29, 1.82) is 0 Å². The topological polar surface area (TPSA) is 51.2 Å². The molecule has 2 aliphatic carbocycles. The molecule has 0 spiro atoms. The third-order valence-electron chi connectivity index (χ3n) is 6.72. The van der Waals surface area contributed by atoms with Gasteiger partial charge < -0.3 is 15.1 Å². The van der Waals surface area contributed by atoms with Crippen LogP contribution in [0, 0.1) is 11.8 Å². The third kappa shape index (κ3) is 3.88. The standard InChI is InChI=1S/C22H33N5O/c1-23-22(27-12-10-26(11-13-27)9-8-20(28)25(2)3)24-15-19-18-14-16-6-4-5-7-17(16)21(18)19/h4-7,18-19,21H,8-15H2,1-3H3,(H,23,24). The molecule has 6 nitrogen and oxygen atoms in total. The Hall–Kier alpha value is -2.08. The van der Waals surface area contributed by atoms with Crippen LogP contribution in [0.15, 0.2) is 29.3 Å². The van der Waals surface area contributed by atoms with Crippen LogP contribution in [-0.2, 0) is 11.2 Å². The van der Waals surface area contributed by atoms with Gasteiger partial charge in [0.25, 0.3) is 0 Å².